The number of amides is 1. The van der Waals surface area contributed by atoms with Crippen molar-refractivity contribution in [3.63, 3.8) is 0 Å². The molecule has 0 fully saturated rings. The monoisotopic (exact) mass is 333 g/mol. The number of thiazole rings is 1. The van der Waals surface area contributed by atoms with Crippen LogP contribution in [0, 0.1) is 5.82 Å². The maximum atomic E-state index is 13.5. The van der Waals surface area contributed by atoms with Gasteiger partial charge in [0.15, 0.2) is 4.47 Å². The normalized spacial score (nSPS) is 10.4. The number of rotatable bonds is 4. The van der Waals surface area contributed by atoms with E-state index >= 15 is 0 Å². The van der Waals surface area contributed by atoms with Gasteiger partial charge in [-0.3, -0.25) is 4.79 Å². The molecule has 0 saturated carbocycles. The van der Waals surface area contributed by atoms with Crippen molar-refractivity contribution in [3.05, 3.63) is 38.5 Å². The standard InChI is InChI=1S/C12H10Cl2FN3OS/c1-6(19)18-11-2-8(13)9(15)3-10(11)16-4-7-5-17-12(14)20-7/h2-3,5,16H,4H2,1H3,(H,18,19). The van der Waals surface area contributed by atoms with Crippen molar-refractivity contribution in [1.29, 1.82) is 0 Å². The van der Waals surface area contributed by atoms with Gasteiger partial charge in [0.25, 0.3) is 0 Å². The molecule has 0 bridgehead atoms. The molecule has 0 spiro atoms. The summed E-state index contributed by atoms with van der Waals surface area (Å²) >= 11 is 12.8. The molecule has 8 heteroatoms. The SMILES string of the molecule is CC(=O)Nc1cc(Cl)c(F)cc1NCc1cnc(Cl)s1. The Balaban J connectivity index is 2.20. The summed E-state index contributed by atoms with van der Waals surface area (Å²) in [5.74, 6) is -0.831. The number of benzene rings is 1. The van der Waals surface area contributed by atoms with Crippen molar-refractivity contribution in [2.24, 2.45) is 0 Å². The van der Waals surface area contributed by atoms with Gasteiger partial charge in [-0.2, -0.15) is 0 Å². The molecule has 2 N–H and O–H groups in total. The van der Waals surface area contributed by atoms with Crippen molar-refractivity contribution in [3.8, 4) is 0 Å². The van der Waals surface area contributed by atoms with Crippen LogP contribution in [0.1, 0.15) is 11.8 Å². The molecule has 1 heterocycles. The van der Waals surface area contributed by atoms with Crippen LogP contribution in [0.3, 0.4) is 0 Å². The van der Waals surface area contributed by atoms with Gasteiger partial charge in [-0.1, -0.05) is 23.2 Å². The number of anilines is 2. The van der Waals surface area contributed by atoms with Crippen LogP contribution in [0.25, 0.3) is 0 Å². The number of nitrogens with zero attached hydrogens (tertiary/aromatic N) is 1. The number of carbonyl (C=O) groups excluding carboxylic acids is 1. The van der Waals surface area contributed by atoms with E-state index in [4.69, 9.17) is 23.2 Å². The highest BCUT2D eigenvalue weighted by atomic mass is 35.5. The fraction of sp³-hybridized carbons (Fsp3) is 0.167. The number of carbonyl (C=O) groups is 1. The molecule has 0 aliphatic rings. The van der Waals surface area contributed by atoms with E-state index in [-0.39, 0.29) is 10.9 Å². The van der Waals surface area contributed by atoms with Crippen LogP contribution in [-0.4, -0.2) is 10.9 Å². The third-order valence-electron chi connectivity index (χ3n) is 2.35. The van der Waals surface area contributed by atoms with E-state index in [0.29, 0.717) is 22.4 Å². The molecule has 0 aliphatic heterocycles. The van der Waals surface area contributed by atoms with Crippen LogP contribution in [-0.2, 0) is 11.3 Å². The summed E-state index contributed by atoms with van der Waals surface area (Å²) in [4.78, 5) is 15.9. The van der Waals surface area contributed by atoms with Crippen LogP contribution < -0.4 is 10.6 Å². The molecule has 0 radical (unpaired) electrons. The second-order valence-corrected chi connectivity index (χ2v) is 6.03. The highest BCUT2D eigenvalue weighted by molar-refractivity contribution is 7.15. The molecule has 4 nitrogen and oxygen atoms in total. The molecule has 20 heavy (non-hydrogen) atoms. The zero-order valence-electron chi connectivity index (χ0n) is 10.3. The van der Waals surface area contributed by atoms with Gasteiger partial charge in [-0.25, -0.2) is 9.37 Å². The van der Waals surface area contributed by atoms with Crippen LogP contribution in [0.4, 0.5) is 15.8 Å². The topological polar surface area (TPSA) is 54.0 Å². The summed E-state index contributed by atoms with van der Waals surface area (Å²) < 4.78 is 13.9. The summed E-state index contributed by atoms with van der Waals surface area (Å²) in [6.07, 6.45) is 1.63. The van der Waals surface area contributed by atoms with Crippen LogP contribution in [0.2, 0.25) is 9.49 Å². The lowest BCUT2D eigenvalue weighted by molar-refractivity contribution is -0.114. The Labute approximate surface area is 128 Å². The van der Waals surface area contributed by atoms with Crippen molar-refractivity contribution in [2.45, 2.75) is 13.5 Å². The van der Waals surface area contributed by atoms with Gasteiger partial charge in [-0.15, -0.1) is 11.3 Å². The largest absolute Gasteiger partial charge is 0.378 e. The third-order valence-corrected chi connectivity index (χ3v) is 3.75. The molecule has 0 atom stereocenters. The Morgan fingerprint density at radius 2 is 2.15 bits per heavy atom. The first-order chi connectivity index (χ1) is 9.45. The number of nitrogens with one attached hydrogen (secondary N) is 2. The maximum absolute atomic E-state index is 13.5. The molecule has 1 aromatic carbocycles. The predicted molar refractivity (Wildman–Crippen MR) is 80.2 cm³/mol. The van der Waals surface area contributed by atoms with E-state index in [1.807, 2.05) is 0 Å². The summed E-state index contributed by atoms with van der Waals surface area (Å²) in [7, 11) is 0. The Bertz CT molecular complexity index is 648. The second kappa shape index (κ2) is 6.39. The number of hydrogen-bond acceptors (Lipinski definition) is 4. The first kappa shape index (κ1) is 15.0. The van der Waals surface area contributed by atoms with E-state index in [0.717, 1.165) is 4.88 Å². The average molecular weight is 334 g/mol. The molecule has 1 amide bonds. The van der Waals surface area contributed by atoms with Gasteiger partial charge < -0.3 is 10.6 Å². The van der Waals surface area contributed by atoms with Gasteiger partial charge in [0.2, 0.25) is 5.91 Å². The third kappa shape index (κ3) is 3.82. The summed E-state index contributed by atoms with van der Waals surface area (Å²) in [5, 5.41) is 5.55. The lowest BCUT2D eigenvalue weighted by Crippen LogP contribution is -2.09. The minimum atomic E-state index is -0.564. The first-order valence-corrected chi connectivity index (χ1v) is 7.13. The van der Waals surface area contributed by atoms with E-state index in [1.54, 1.807) is 6.20 Å². The lowest BCUT2D eigenvalue weighted by Gasteiger charge is -2.12. The minimum Gasteiger partial charge on any atom is -0.378 e. The van der Waals surface area contributed by atoms with Crippen LogP contribution in [0.5, 0.6) is 0 Å². The van der Waals surface area contributed by atoms with Gasteiger partial charge in [0.1, 0.15) is 5.82 Å². The van der Waals surface area contributed by atoms with E-state index < -0.39 is 5.82 Å². The fourth-order valence-corrected chi connectivity index (χ4v) is 2.62. The van der Waals surface area contributed by atoms with Gasteiger partial charge in [0.05, 0.1) is 22.9 Å². The second-order valence-electron chi connectivity index (χ2n) is 3.93. The molecular weight excluding hydrogens is 324 g/mol. The zero-order chi connectivity index (χ0) is 14.7. The fourth-order valence-electron chi connectivity index (χ4n) is 1.53. The summed E-state index contributed by atoms with van der Waals surface area (Å²) in [5.41, 5.74) is 0.853. The van der Waals surface area contributed by atoms with Gasteiger partial charge in [-0.05, 0) is 6.07 Å². The molecule has 0 aliphatic carbocycles. The smallest absolute Gasteiger partial charge is 0.221 e. The van der Waals surface area contributed by atoms with E-state index in [2.05, 4.69) is 15.6 Å². The minimum absolute atomic E-state index is 0.0554. The Kier molecular flexibility index (Phi) is 4.80. The summed E-state index contributed by atoms with van der Waals surface area (Å²) in [6.45, 7) is 1.78. The van der Waals surface area contributed by atoms with Crippen LogP contribution >= 0.6 is 34.5 Å². The summed E-state index contributed by atoms with van der Waals surface area (Å²) in [6, 6.07) is 2.59. The Morgan fingerprint density at radius 3 is 2.75 bits per heavy atom. The van der Waals surface area contributed by atoms with E-state index in [1.165, 1.54) is 30.4 Å². The van der Waals surface area contributed by atoms with Crippen molar-refractivity contribution < 1.29 is 9.18 Å². The van der Waals surface area contributed by atoms with E-state index in [9.17, 15) is 9.18 Å². The molecular formula is C12H10Cl2FN3OS. The number of halogens is 3. The van der Waals surface area contributed by atoms with Gasteiger partial charge >= 0.3 is 0 Å². The Hall–Kier alpha value is -1.37. The van der Waals surface area contributed by atoms with Crippen LogP contribution in [0.15, 0.2) is 18.3 Å². The molecule has 0 unspecified atom stereocenters. The highest BCUT2D eigenvalue weighted by Gasteiger charge is 2.10. The van der Waals surface area contributed by atoms with Gasteiger partial charge in [0, 0.05) is 24.1 Å². The molecule has 2 aromatic rings. The van der Waals surface area contributed by atoms with Crippen molar-refractivity contribution in [1.82, 2.24) is 4.98 Å². The first-order valence-electron chi connectivity index (χ1n) is 5.56. The number of hydrogen-bond donors (Lipinski definition) is 2. The maximum Gasteiger partial charge on any atom is 0.221 e. The highest BCUT2D eigenvalue weighted by Crippen LogP contribution is 2.29. The molecule has 0 saturated heterocycles. The zero-order valence-corrected chi connectivity index (χ0v) is 12.7. The average Bonchev–Trinajstić information content (AvgIpc) is 2.77. The molecule has 106 valence electrons. The predicted octanol–water partition coefficient (Wildman–Crippen LogP) is 4.16. The molecule has 1 aromatic heterocycles. The van der Waals surface area contributed by atoms with Crippen molar-refractivity contribution in [2.75, 3.05) is 10.6 Å². The quantitative estimate of drug-likeness (QED) is 0.883. The Morgan fingerprint density at radius 1 is 1.40 bits per heavy atom. The number of aromatic nitrogens is 1. The molecule has 2 rings (SSSR count). The lowest BCUT2D eigenvalue weighted by atomic mass is 10.2. The van der Waals surface area contributed by atoms with Crippen molar-refractivity contribution >= 4 is 51.8 Å².